The van der Waals surface area contributed by atoms with Gasteiger partial charge in [-0.05, 0) is 23.6 Å². The van der Waals surface area contributed by atoms with E-state index in [4.69, 9.17) is 4.74 Å². The van der Waals surface area contributed by atoms with Gasteiger partial charge in [-0.25, -0.2) is 0 Å². The third kappa shape index (κ3) is 5.03. The summed E-state index contributed by atoms with van der Waals surface area (Å²) in [5.74, 6) is 0.108. The average molecular weight is 409 g/mol. The van der Waals surface area contributed by atoms with E-state index in [0.717, 1.165) is 36.6 Å². The zero-order valence-electron chi connectivity index (χ0n) is 14.1. The van der Waals surface area contributed by atoms with Crippen LogP contribution in [0.1, 0.15) is 16.5 Å². The number of ether oxygens (including phenoxy) is 2. The van der Waals surface area contributed by atoms with E-state index < -0.39 is 6.36 Å². The van der Waals surface area contributed by atoms with Crippen LogP contribution in [-0.4, -0.2) is 44.6 Å². The molecule has 2 aromatic rings. The number of alkyl halides is 3. The van der Waals surface area contributed by atoms with Crippen molar-refractivity contribution >= 4 is 23.7 Å². The van der Waals surface area contributed by atoms with Crippen molar-refractivity contribution in [1.29, 1.82) is 0 Å². The number of methoxy groups -OCH3 is 1. The molecule has 1 atom stereocenters. The Morgan fingerprint density at radius 2 is 1.92 bits per heavy atom. The second-order valence-corrected chi connectivity index (χ2v) is 6.63. The van der Waals surface area contributed by atoms with Gasteiger partial charge in [-0.3, -0.25) is 4.90 Å². The minimum absolute atomic E-state index is 0. The van der Waals surface area contributed by atoms with Crippen LogP contribution in [0, 0.1) is 0 Å². The van der Waals surface area contributed by atoms with Crippen molar-refractivity contribution in [3.8, 4) is 11.5 Å². The average Bonchev–Trinajstić information content (AvgIpc) is 3.10. The van der Waals surface area contributed by atoms with Crippen LogP contribution in [0.3, 0.4) is 0 Å². The van der Waals surface area contributed by atoms with E-state index in [9.17, 15) is 13.2 Å². The van der Waals surface area contributed by atoms with E-state index in [1.54, 1.807) is 17.4 Å². The molecule has 0 unspecified atom stereocenters. The van der Waals surface area contributed by atoms with E-state index in [1.165, 1.54) is 19.2 Å². The molecule has 4 nitrogen and oxygen atoms in total. The second-order valence-electron chi connectivity index (χ2n) is 5.66. The van der Waals surface area contributed by atoms with Crippen molar-refractivity contribution in [2.45, 2.75) is 12.4 Å². The van der Waals surface area contributed by atoms with E-state index in [1.807, 2.05) is 17.5 Å². The van der Waals surface area contributed by atoms with Gasteiger partial charge >= 0.3 is 6.36 Å². The number of benzene rings is 1. The molecule has 1 aliphatic rings. The van der Waals surface area contributed by atoms with Crippen LogP contribution in [0.25, 0.3) is 0 Å². The first-order valence-corrected chi connectivity index (χ1v) is 8.78. The maximum absolute atomic E-state index is 12.5. The van der Waals surface area contributed by atoms with Gasteiger partial charge in [0.2, 0.25) is 0 Å². The topological polar surface area (TPSA) is 33.7 Å². The summed E-state index contributed by atoms with van der Waals surface area (Å²) < 4.78 is 46.8. The van der Waals surface area contributed by atoms with Crippen molar-refractivity contribution < 1.29 is 22.6 Å². The Bertz CT molecular complexity index is 692. The minimum Gasteiger partial charge on any atom is -0.496 e. The SMILES string of the molecule is COc1cc(OC(F)(F)F)ccc1[C@@H](c1cccs1)N1CCNCC1.Cl. The third-order valence-electron chi connectivity index (χ3n) is 4.06. The summed E-state index contributed by atoms with van der Waals surface area (Å²) in [5, 5.41) is 5.31. The lowest BCUT2D eigenvalue weighted by atomic mass is 10.0. The highest BCUT2D eigenvalue weighted by Crippen LogP contribution is 2.39. The molecule has 1 N–H and O–H groups in total. The van der Waals surface area contributed by atoms with Gasteiger partial charge in [-0.15, -0.1) is 36.9 Å². The molecule has 1 aliphatic heterocycles. The molecule has 26 heavy (non-hydrogen) atoms. The smallest absolute Gasteiger partial charge is 0.496 e. The van der Waals surface area contributed by atoms with Gasteiger partial charge in [-0.2, -0.15) is 0 Å². The Kier molecular flexibility index (Phi) is 7.16. The molecule has 1 aromatic heterocycles. The first kappa shape index (κ1) is 20.8. The maximum Gasteiger partial charge on any atom is 0.573 e. The normalized spacial score (nSPS) is 16.6. The molecule has 0 amide bonds. The Labute approximate surface area is 160 Å². The summed E-state index contributed by atoms with van der Waals surface area (Å²) in [4.78, 5) is 3.44. The lowest BCUT2D eigenvalue weighted by molar-refractivity contribution is -0.274. The number of nitrogens with zero attached hydrogens (tertiary/aromatic N) is 1. The third-order valence-corrected chi connectivity index (χ3v) is 4.99. The van der Waals surface area contributed by atoms with Gasteiger partial charge < -0.3 is 14.8 Å². The standard InChI is InChI=1S/C17H19F3N2O2S.ClH/c1-23-14-11-12(24-17(18,19)20)4-5-13(14)16(15-3-2-10-25-15)22-8-6-21-7-9-22;/h2-5,10-11,16,21H,6-9H2,1H3;1H/t16-;/m0./s1. The van der Waals surface area contributed by atoms with Crippen LogP contribution in [0.15, 0.2) is 35.7 Å². The largest absolute Gasteiger partial charge is 0.573 e. The Morgan fingerprint density at radius 3 is 2.50 bits per heavy atom. The Hall–Kier alpha value is -1.48. The Balaban J connectivity index is 0.00000243. The van der Waals surface area contributed by atoms with Gasteiger partial charge in [0, 0.05) is 42.7 Å². The van der Waals surface area contributed by atoms with Crippen molar-refractivity contribution in [2.75, 3.05) is 33.3 Å². The highest BCUT2D eigenvalue weighted by Gasteiger charge is 2.32. The molecule has 0 aliphatic carbocycles. The van der Waals surface area contributed by atoms with E-state index in [0.29, 0.717) is 5.75 Å². The molecule has 144 valence electrons. The van der Waals surface area contributed by atoms with E-state index in [2.05, 4.69) is 15.0 Å². The zero-order chi connectivity index (χ0) is 17.9. The van der Waals surface area contributed by atoms with Crippen LogP contribution >= 0.6 is 23.7 Å². The van der Waals surface area contributed by atoms with Gasteiger partial charge in [0.05, 0.1) is 13.2 Å². The molecule has 1 saturated heterocycles. The number of piperazine rings is 1. The fourth-order valence-electron chi connectivity index (χ4n) is 3.03. The number of thiophene rings is 1. The predicted octanol–water partition coefficient (Wildman–Crippen LogP) is 4.07. The molecule has 0 radical (unpaired) electrons. The summed E-state index contributed by atoms with van der Waals surface area (Å²) in [6, 6.07) is 8.25. The maximum atomic E-state index is 12.5. The molecule has 2 heterocycles. The van der Waals surface area contributed by atoms with Crippen LogP contribution in [0.5, 0.6) is 11.5 Å². The monoisotopic (exact) mass is 408 g/mol. The van der Waals surface area contributed by atoms with Crippen LogP contribution in [-0.2, 0) is 0 Å². The number of hydrogen-bond donors (Lipinski definition) is 1. The predicted molar refractivity (Wildman–Crippen MR) is 97.5 cm³/mol. The summed E-state index contributed by atoms with van der Waals surface area (Å²) in [5.41, 5.74) is 0.835. The number of rotatable bonds is 5. The lowest BCUT2D eigenvalue weighted by Gasteiger charge is -2.35. The highest BCUT2D eigenvalue weighted by molar-refractivity contribution is 7.10. The lowest BCUT2D eigenvalue weighted by Crippen LogP contribution is -2.45. The summed E-state index contributed by atoms with van der Waals surface area (Å²) >= 11 is 1.62. The molecule has 0 spiro atoms. The minimum atomic E-state index is -4.72. The van der Waals surface area contributed by atoms with Crippen molar-refractivity contribution in [1.82, 2.24) is 10.2 Å². The van der Waals surface area contributed by atoms with Crippen molar-refractivity contribution in [3.05, 3.63) is 46.2 Å². The molecule has 9 heteroatoms. The quantitative estimate of drug-likeness (QED) is 0.808. The second kappa shape index (κ2) is 8.94. The Morgan fingerprint density at radius 1 is 1.19 bits per heavy atom. The van der Waals surface area contributed by atoms with Crippen LogP contribution < -0.4 is 14.8 Å². The number of nitrogens with one attached hydrogen (secondary N) is 1. The van der Waals surface area contributed by atoms with Crippen molar-refractivity contribution in [2.24, 2.45) is 0 Å². The first-order chi connectivity index (χ1) is 12.0. The summed E-state index contributed by atoms with van der Waals surface area (Å²) in [7, 11) is 1.46. The fraction of sp³-hybridized carbons (Fsp3) is 0.412. The molecule has 1 fully saturated rings. The molecule has 0 saturated carbocycles. The van der Waals surface area contributed by atoms with Crippen LogP contribution in [0.4, 0.5) is 13.2 Å². The molecule has 0 bridgehead atoms. The van der Waals surface area contributed by atoms with Gasteiger partial charge in [-0.1, -0.05) is 6.07 Å². The molecular weight excluding hydrogens is 389 g/mol. The fourth-order valence-corrected chi connectivity index (χ4v) is 3.91. The number of hydrogen-bond acceptors (Lipinski definition) is 5. The van der Waals surface area contributed by atoms with E-state index in [-0.39, 0.29) is 24.2 Å². The van der Waals surface area contributed by atoms with Crippen molar-refractivity contribution in [3.63, 3.8) is 0 Å². The number of halogens is 4. The van der Waals surface area contributed by atoms with Crippen LogP contribution in [0.2, 0.25) is 0 Å². The molecular formula is C17H20ClF3N2O2S. The van der Waals surface area contributed by atoms with Gasteiger partial charge in [0.15, 0.2) is 0 Å². The van der Waals surface area contributed by atoms with E-state index >= 15 is 0 Å². The highest BCUT2D eigenvalue weighted by atomic mass is 35.5. The zero-order valence-corrected chi connectivity index (χ0v) is 15.7. The van der Waals surface area contributed by atoms with Gasteiger partial charge in [0.25, 0.3) is 0 Å². The molecule has 1 aromatic carbocycles. The first-order valence-electron chi connectivity index (χ1n) is 7.90. The summed E-state index contributed by atoms with van der Waals surface area (Å²) in [6.45, 7) is 3.46. The van der Waals surface area contributed by atoms with Gasteiger partial charge in [0.1, 0.15) is 11.5 Å². The molecule has 3 rings (SSSR count). The summed E-state index contributed by atoms with van der Waals surface area (Å²) in [6.07, 6.45) is -4.72.